The van der Waals surface area contributed by atoms with Crippen molar-refractivity contribution in [1.82, 2.24) is 4.98 Å². The molecule has 0 amide bonds. The van der Waals surface area contributed by atoms with Crippen LogP contribution in [0.25, 0.3) is 21.8 Å². The van der Waals surface area contributed by atoms with Crippen LogP contribution in [0, 0.1) is 0 Å². The molecule has 4 rings (SSSR count). The van der Waals surface area contributed by atoms with Gasteiger partial charge in [-0.15, -0.1) is 0 Å². The van der Waals surface area contributed by atoms with Crippen molar-refractivity contribution in [2.75, 3.05) is 6.61 Å². The van der Waals surface area contributed by atoms with Crippen molar-refractivity contribution >= 4 is 27.8 Å². The van der Waals surface area contributed by atoms with Crippen LogP contribution < -0.4 is 4.74 Å². The molecule has 0 radical (unpaired) electrons. The predicted molar refractivity (Wildman–Crippen MR) is 89.6 cm³/mol. The summed E-state index contributed by atoms with van der Waals surface area (Å²) in [5.41, 5.74) is 2.05. The summed E-state index contributed by atoms with van der Waals surface area (Å²) in [7, 11) is 0. The molecule has 1 atom stereocenters. The molecule has 1 saturated heterocycles. The molecule has 0 bridgehead atoms. The van der Waals surface area contributed by atoms with Gasteiger partial charge in [0.15, 0.2) is 0 Å². The average molecular weight is 307 g/mol. The first-order chi connectivity index (χ1) is 11.0. The lowest BCUT2D eigenvalue weighted by molar-refractivity contribution is -0.147. The number of aromatic amines is 1. The Kier molecular flexibility index (Phi) is 2.94. The first-order valence-electron chi connectivity index (χ1n) is 7.58. The Morgan fingerprint density at radius 3 is 2.78 bits per heavy atom. The van der Waals surface area contributed by atoms with Crippen molar-refractivity contribution in [3.63, 3.8) is 0 Å². The summed E-state index contributed by atoms with van der Waals surface area (Å²) in [4.78, 5) is 14.9. The van der Waals surface area contributed by atoms with Gasteiger partial charge in [0.25, 0.3) is 0 Å². The summed E-state index contributed by atoms with van der Waals surface area (Å²) in [5, 5.41) is 2.29. The van der Waals surface area contributed by atoms with Gasteiger partial charge in [-0.25, -0.2) is 4.79 Å². The molecule has 1 unspecified atom stereocenters. The first-order valence-corrected chi connectivity index (χ1v) is 7.58. The second-order valence-electron chi connectivity index (χ2n) is 6.29. The van der Waals surface area contributed by atoms with Gasteiger partial charge in [-0.05, 0) is 31.2 Å². The monoisotopic (exact) mass is 307 g/mol. The fraction of sp³-hybridized carbons (Fsp3) is 0.211. The topological polar surface area (TPSA) is 51.3 Å². The Hall–Kier alpha value is -2.75. The number of nitrogens with one attached hydrogen (secondary N) is 1. The molecule has 4 heteroatoms. The van der Waals surface area contributed by atoms with Crippen molar-refractivity contribution in [2.24, 2.45) is 0 Å². The van der Waals surface area contributed by atoms with Crippen LogP contribution in [0.15, 0.2) is 54.6 Å². The number of rotatable bonds is 3. The summed E-state index contributed by atoms with van der Waals surface area (Å²) >= 11 is 0. The molecule has 0 spiro atoms. The fourth-order valence-electron chi connectivity index (χ4n) is 3.09. The van der Waals surface area contributed by atoms with Gasteiger partial charge in [-0.3, -0.25) is 0 Å². The molecule has 4 nitrogen and oxygen atoms in total. The van der Waals surface area contributed by atoms with Crippen LogP contribution >= 0.6 is 0 Å². The smallest absolute Gasteiger partial charge is 0.334 e. The largest absolute Gasteiger partial charge is 0.489 e. The van der Waals surface area contributed by atoms with E-state index in [1.165, 1.54) is 5.39 Å². The summed E-state index contributed by atoms with van der Waals surface area (Å²) in [6.07, 6.45) is 0.501. The van der Waals surface area contributed by atoms with Gasteiger partial charge in [-0.2, -0.15) is 0 Å². The zero-order valence-electron chi connectivity index (χ0n) is 12.9. The molecular formula is C19H17NO3. The van der Waals surface area contributed by atoms with Crippen LogP contribution in [-0.4, -0.2) is 23.2 Å². The van der Waals surface area contributed by atoms with Crippen LogP contribution in [0.5, 0.6) is 5.75 Å². The molecule has 0 saturated carbocycles. The van der Waals surface area contributed by atoms with E-state index in [4.69, 9.17) is 9.47 Å². The van der Waals surface area contributed by atoms with Gasteiger partial charge in [0.2, 0.25) is 0 Å². The van der Waals surface area contributed by atoms with Crippen molar-refractivity contribution < 1.29 is 14.3 Å². The van der Waals surface area contributed by atoms with Gasteiger partial charge >= 0.3 is 5.97 Å². The minimum absolute atomic E-state index is 0.311. The highest BCUT2D eigenvalue weighted by Crippen LogP contribution is 2.32. The highest BCUT2D eigenvalue weighted by Gasteiger charge is 2.39. The number of cyclic esters (lactones) is 1. The standard InChI is InChI=1S/C19H17NO3/c1-12-10-19(2,23-18(12)21)11-22-13-7-8-17-15(9-13)14-5-3-4-6-16(14)20-17/h3-9,20H,1,10-11H2,2H3. The summed E-state index contributed by atoms with van der Waals surface area (Å²) in [6.45, 7) is 5.90. The second kappa shape index (κ2) is 4.88. The van der Waals surface area contributed by atoms with Gasteiger partial charge in [0.1, 0.15) is 18.0 Å². The average Bonchev–Trinajstić information content (AvgIpc) is 3.02. The lowest BCUT2D eigenvalue weighted by atomic mass is 10.0. The molecule has 116 valence electrons. The summed E-state index contributed by atoms with van der Waals surface area (Å²) < 4.78 is 11.2. The van der Waals surface area contributed by atoms with E-state index in [1.807, 2.05) is 37.3 Å². The molecule has 3 aromatic rings. The van der Waals surface area contributed by atoms with E-state index >= 15 is 0 Å². The van der Waals surface area contributed by atoms with Crippen LogP contribution in [0.4, 0.5) is 0 Å². The van der Waals surface area contributed by atoms with E-state index in [0.717, 1.165) is 22.2 Å². The number of H-pyrrole nitrogens is 1. The Morgan fingerprint density at radius 2 is 2.00 bits per heavy atom. The lowest BCUT2D eigenvalue weighted by Gasteiger charge is -2.22. The Morgan fingerprint density at radius 1 is 1.22 bits per heavy atom. The molecule has 0 aliphatic carbocycles. The molecule has 1 fully saturated rings. The van der Waals surface area contributed by atoms with E-state index in [9.17, 15) is 4.79 Å². The van der Waals surface area contributed by atoms with E-state index in [-0.39, 0.29) is 5.97 Å². The molecule has 1 aliphatic rings. The van der Waals surface area contributed by atoms with E-state index in [2.05, 4.69) is 23.7 Å². The first kappa shape index (κ1) is 13.9. The van der Waals surface area contributed by atoms with Crippen LogP contribution in [0.2, 0.25) is 0 Å². The Labute approximate surface area is 133 Å². The Balaban J connectivity index is 1.61. The summed E-state index contributed by atoms with van der Waals surface area (Å²) in [5.74, 6) is 0.431. The number of ether oxygens (including phenoxy) is 2. The quantitative estimate of drug-likeness (QED) is 0.588. The number of carbonyl (C=O) groups excluding carboxylic acids is 1. The number of hydrogen-bond acceptors (Lipinski definition) is 3. The Bertz CT molecular complexity index is 922. The van der Waals surface area contributed by atoms with Gasteiger partial charge in [0, 0.05) is 33.8 Å². The van der Waals surface area contributed by atoms with E-state index in [1.54, 1.807) is 0 Å². The van der Waals surface area contributed by atoms with Crippen molar-refractivity contribution in [3.8, 4) is 5.75 Å². The van der Waals surface area contributed by atoms with Gasteiger partial charge < -0.3 is 14.5 Å². The van der Waals surface area contributed by atoms with Crippen molar-refractivity contribution in [3.05, 3.63) is 54.6 Å². The molecule has 2 aromatic carbocycles. The normalized spacial score (nSPS) is 21.1. The maximum absolute atomic E-state index is 11.5. The molecule has 1 aliphatic heterocycles. The number of hydrogen-bond donors (Lipinski definition) is 1. The van der Waals surface area contributed by atoms with Crippen LogP contribution in [-0.2, 0) is 9.53 Å². The molecule has 1 N–H and O–H groups in total. The van der Waals surface area contributed by atoms with Gasteiger partial charge in [-0.1, -0.05) is 24.8 Å². The number of aromatic nitrogens is 1. The fourth-order valence-corrected chi connectivity index (χ4v) is 3.09. The van der Waals surface area contributed by atoms with Crippen molar-refractivity contribution in [1.29, 1.82) is 0 Å². The number of esters is 1. The van der Waals surface area contributed by atoms with E-state index in [0.29, 0.717) is 18.6 Å². The third kappa shape index (κ3) is 2.36. The molecule has 1 aromatic heterocycles. The van der Waals surface area contributed by atoms with E-state index < -0.39 is 5.60 Å². The maximum atomic E-state index is 11.5. The van der Waals surface area contributed by atoms with Gasteiger partial charge in [0.05, 0.1) is 0 Å². The van der Waals surface area contributed by atoms with Crippen LogP contribution in [0.3, 0.4) is 0 Å². The minimum Gasteiger partial charge on any atom is -0.489 e. The zero-order chi connectivity index (χ0) is 16.0. The molecule has 23 heavy (non-hydrogen) atoms. The molecule has 2 heterocycles. The maximum Gasteiger partial charge on any atom is 0.334 e. The number of para-hydroxylation sites is 1. The highest BCUT2D eigenvalue weighted by atomic mass is 16.6. The SMILES string of the molecule is C=C1CC(C)(COc2ccc3[nH]c4ccccc4c3c2)OC1=O. The number of benzene rings is 2. The lowest BCUT2D eigenvalue weighted by Crippen LogP contribution is -2.32. The zero-order valence-corrected chi connectivity index (χ0v) is 12.9. The third-order valence-electron chi connectivity index (χ3n) is 4.24. The predicted octanol–water partition coefficient (Wildman–Crippen LogP) is 3.96. The highest BCUT2D eigenvalue weighted by molar-refractivity contribution is 6.07. The number of fused-ring (bicyclic) bond motifs is 3. The van der Waals surface area contributed by atoms with Crippen LogP contribution in [0.1, 0.15) is 13.3 Å². The van der Waals surface area contributed by atoms with Crippen molar-refractivity contribution in [2.45, 2.75) is 18.9 Å². The number of carbonyl (C=O) groups is 1. The second-order valence-corrected chi connectivity index (χ2v) is 6.29. The minimum atomic E-state index is -0.636. The third-order valence-corrected chi connectivity index (χ3v) is 4.24. The summed E-state index contributed by atoms with van der Waals surface area (Å²) in [6, 6.07) is 14.1. The molecular weight excluding hydrogens is 290 g/mol.